The van der Waals surface area contributed by atoms with Crippen LogP contribution in [-0.4, -0.2) is 9.97 Å². The molecule has 0 aliphatic rings. The summed E-state index contributed by atoms with van der Waals surface area (Å²) in [5, 5.41) is 4.31. The van der Waals surface area contributed by atoms with E-state index in [1.165, 1.54) is 5.56 Å². The Hall–Kier alpha value is -2.14. The monoisotopic (exact) mass is 328 g/mol. The summed E-state index contributed by atoms with van der Waals surface area (Å²) < 4.78 is 1.07. The molecule has 5 heteroatoms. The van der Waals surface area contributed by atoms with Crippen molar-refractivity contribution < 1.29 is 0 Å². The molecule has 0 unspecified atom stereocenters. The largest absolute Gasteiger partial charge is 0.399 e. The van der Waals surface area contributed by atoms with E-state index < -0.39 is 0 Å². The van der Waals surface area contributed by atoms with Crippen LogP contribution in [0.1, 0.15) is 5.56 Å². The Balaban J connectivity index is 1.85. The summed E-state index contributed by atoms with van der Waals surface area (Å²) >= 11 is 3.43. The average molecular weight is 329 g/mol. The normalized spacial score (nSPS) is 10.7. The van der Waals surface area contributed by atoms with Crippen LogP contribution in [0, 0.1) is 0 Å². The minimum absolute atomic E-state index is 0.704. The quantitative estimate of drug-likeness (QED) is 0.721. The standard InChI is InChI=1S/C15H13BrN4/c16-11-3-1-10(2-4-11)8-18-15-13-6-5-12(17)7-14(13)19-9-20-15/h1-7,9H,8,17H2,(H,18,19,20). The van der Waals surface area contributed by atoms with Gasteiger partial charge in [-0.25, -0.2) is 9.97 Å². The minimum Gasteiger partial charge on any atom is -0.399 e. The Morgan fingerprint density at radius 2 is 1.85 bits per heavy atom. The van der Waals surface area contributed by atoms with Gasteiger partial charge >= 0.3 is 0 Å². The molecule has 0 radical (unpaired) electrons. The van der Waals surface area contributed by atoms with Crippen LogP contribution in [0.15, 0.2) is 53.3 Å². The van der Waals surface area contributed by atoms with Crippen molar-refractivity contribution in [3.63, 3.8) is 0 Å². The third kappa shape index (κ3) is 2.72. The Labute approximate surface area is 125 Å². The van der Waals surface area contributed by atoms with Gasteiger partial charge in [0.25, 0.3) is 0 Å². The lowest BCUT2D eigenvalue weighted by Crippen LogP contribution is -2.02. The maximum absolute atomic E-state index is 5.77. The van der Waals surface area contributed by atoms with Gasteiger partial charge < -0.3 is 11.1 Å². The van der Waals surface area contributed by atoms with Crippen LogP contribution in [0.25, 0.3) is 10.9 Å². The van der Waals surface area contributed by atoms with E-state index in [0.29, 0.717) is 12.2 Å². The van der Waals surface area contributed by atoms with Gasteiger partial charge in [-0.3, -0.25) is 0 Å². The molecule has 1 heterocycles. The number of nitrogens with zero attached hydrogens (tertiary/aromatic N) is 2. The van der Waals surface area contributed by atoms with Crippen LogP contribution in [0.2, 0.25) is 0 Å². The number of aromatic nitrogens is 2. The average Bonchev–Trinajstić information content (AvgIpc) is 2.46. The van der Waals surface area contributed by atoms with Crippen molar-refractivity contribution in [2.45, 2.75) is 6.54 Å². The van der Waals surface area contributed by atoms with Crippen molar-refractivity contribution in [3.8, 4) is 0 Å². The maximum Gasteiger partial charge on any atom is 0.137 e. The van der Waals surface area contributed by atoms with E-state index in [2.05, 4.69) is 43.3 Å². The first-order valence-corrected chi connectivity index (χ1v) is 7.00. The molecule has 1 aromatic heterocycles. The predicted molar refractivity (Wildman–Crippen MR) is 85.4 cm³/mol. The number of hydrogen-bond donors (Lipinski definition) is 2. The first-order valence-electron chi connectivity index (χ1n) is 6.21. The molecule has 4 nitrogen and oxygen atoms in total. The fraction of sp³-hybridized carbons (Fsp3) is 0.0667. The molecule has 3 aromatic rings. The highest BCUT2D eigenvalue weighted by molar-refractivity contribution is 9.10. The van der Waals surface area contributed by atoms with Crippen molar-refractivity contribution in [1.82, 2.24) is 9.97 Å². The number of nitrogens with one attached hydrogen (secondary N) is 1. The molecule has 0 fully saturated rings. The summed E-state index contributed by atoms with van der Waals surface area (Å²) in [6.07, 6.45) is 1.55. The van der Waals surface area contributed by atoms with E-state index in [1.54, 1.807) is 6.33 Å². The topological polar surface area (TPSA) is 63.8 Å². The second kappa shape index (κ2) is 5.46. The van der Waals surface area contributed by atoms with Crippen molar-refractivity contribution in [2.24, 2.45) is 0 Å². The number of hydrogen-bond acceptors (Lipinski definition) is 4. The number of halogens is 1. The lowest BCUT2D eigenvalue weighted by Gasteiger charge is -2.08. The molecule has 0 saturated heterocycles. The third-order valence-electron chi connectivity index (χ3n) is 3.03. The van der Waals surface area contributed by atoms with Gasteiger partial charge in [-0.05, 0) is 35.9 Å². The third-order valence-corrected chi connectivity index (χ3v) is 3.56. The number of benzene rings is 2. The Bertz CT molecular complexity index is 740. The molecule has 3 N–H and O–H groups in total. The lowest BCUT2D eigenvalue weighted by molar-refractivity contribution is 1.10. The minimum atomic E-state index is 0.704. The predicted octanol–water partition coefficient (Wildman–Crippen LogP) is 3.59. The van der Waals surface area contributed by atoms with Gasteiger partial charge in [-0.2, -0.15) is 0 Å². The van der Waals surface area contributed by atoms with Crippen LogP contribution in [0.5, 0.6) is 0 Å². The Morgan fingerprint density at radius 1 is 1.05 bits per heavy atom. The van der Waals surface area contributed by atoms with E-state index in [-0.39, 0.29) is 0 Å². The summed E-state index contributed by atoms with van der Waals surface area (Å²) in [6, 6.07) is 13.8. The number of rotatable bonds is 3. The molecule has 2 aromatic carbocycles. The van der Waals surface area contributed by atoms with Crippen LogP contribution >= 0.6 is 15.9 Å². The van der Waals surface area contributed by atoms with Gasteiger partial charge in [0.2, 0.25) is 0 Å². The van der Waals surface area contributed by atoms with Crippen molar-refractivity contribution in [1.29, 1.82) is 0 Å². The zero-order valence-electron chi connectivity index (χ0n) is 10.7. The molecule has 0 aliphatic carbocycles. The van der Waals surface area contributed by atoms with Crippen molar-refractivity contribution >= 4 is 38.3 Å². The molecular weight excluding hydrogens is 316 g/mol. The molecule has 0 amide bonds. The van der Waals surface area contributed by atoms with Gasteiger partial charge in [-0.15, -0.1) is 0 Å². The van der Waals surface area contributed by atoms with Crippen LogP contribution in [0.4, 0.5) is 11.5 Å². The van der Waals surface area contributed by atoms with E-state index in [9.17, 15) is 0 Å². The summed E-state index contributed by atoms with van der Waals surface area (Å²) in [4.78, 5) is 8.53. The molecule has 20 heavy (non-hydrogen) atoms. The van der Waals surface area contributed by atoms with Crippen LogP contribution < -0.4 is 11.1 Å². The summed E-state index contributed by atoms with van der Waals surface area (Å²) in [5.41, 5.74) is 8.51. The number of anilines is 2. The van der Waals surface area contributed by atoms with E-state index in [4.69, 9.17) is 5.73 Å². The second-order valence-electron chi connectivity index (χ2n) is 4.48. The highest BCUT2D eigenvalue weighted by atomic mass is 79.9. The van der Waals surface area contributed by atoms with Gasteiger partial charge in [0.05, 0.1) is 5.52 Å². The van der Waals surface area contributed by atoms with Gasteiger partial charge in [-0.1, -0.05) is 28.1 Å². The highest BCUT2D eigenvalue weighted by Crippen LogP contribution is 2.21. The van der Waals surface area contributed by atoms with E-state index in [0.717, 1.165) is 21.2 Å². The van der Waals surface area contributed by atoms with Gasteiger partial charge in [0.15, 0.2) is 0 Å². The van der Waals surface area contributed by atoms with Crippen LogP contribution in [0.3, 0.4) is 0 Å². The molecule has 0 saturated carbocycles. The van der Waals surface area contributed by atoms with Crippen molar-refractivity contribution in [3.05, 3.63) is 58.8 Å². The number of fused-ring (bicyclic) bond motifs is 1. The first kappa shape index (κ1) is 12.9. The summed E-state index contributed by atoms with van der Waals surface area (Å²) in [5.74, 6) is 0.818. The Kier molecular flexibility index (Phi) is 3.52. The smallest absolute Gasteiger partial charge is 0.137 e. The molecule has 0 spiro atoms. The fourth-order valence-electron chi connectivity index (χ4n) is 2.00. The van der Waals surface area contributed by atoms with Crippen LogP contribution in [-0.2, 0) is 6.54 Å². The molecule has 0 aliphatic heterocycles. The SMILES string of the molecule is Nc1ccc2c(NCc3ccc(Br)cc3)ncnc2c1. The number of nitrogens with two attached hydrogens (primary N) is 1. The molecule has 0 atom stereocenters. The second-order valence-corrected chi connectivity index (χ2v) is 5.39. The highest BCUT2D eigenvalue weighted by Gasteiger charge is 2.03. The fourth-order valence-corrected chi connectivity index (χ4v) is 2.27. The molecular formula is C15H13BrN4. The molecule has 3 rings (SSSR count). The lowest BCUT2D eigenvalue weighted by atomic mass is 10.2. The molecule has 100 valence electrons. The summed E-state index contributed by atoms with van der Waals surface area (Å²) in [7, 11) is 0. The molecule has 0 bridgehead atoms. The number of nitrogen functional groups attached to an aromatic ring is 1. The maximum atomic E-state index is 5.77. The zero-order valence-corrected chi connectivity index (χ0v) is 12.3. The zero-order chi connectivity index (χ0) is 13.9. The van der Waals surface area contributed by atoms with E-state index >= 15 is 0 Å². The van der Waals surface area contributed by atoms with Crippen molar-refractivity contribution in [2.75, 3.05) is 11.1 Å². The van der Waals surface area contributed by atoms with Gasteiger partial charge in [0.1, 0.15) is 12.1 Å². The van der Waals surface area contributed by atoms with E-state index in [1.807, 2.05) is 30.3 Å². The Morgan fingerprint density at radius 3 is 2.65 bits per heavy atom. The van der Waals surface area contributed by atoms with Gasteiger partial charge in [0, 0.05) is 22.1 Å². The summed E-state index contributed by atoms with van der Waals surface area (Å²) in [6.45, 7) is 0.712. The first-order chi connectivity index (χ1) is 9.72.